The lowest BCUT2D eigenvalue weighted by Gasteiger charge is -2.14. The van der Waals surface area contributed by atoms with Gasteiger partial charge in [0.05, 0.1) is 7.11 Å². The number of benzene rings is 2. The third kappa shape index (κ3) is 5.80. The second kappa shape index (κ2) is 8.68. The van der Waals surface area contributed by atoms with Gasteiger partial charge in [0.2, 0.25) is 0 Å². The van der Waals surface area contributed by atoms with Gasteiger partial charge in [-0.25, -0.2) is 9.18 Å². The first-order valence-corrected chi connectivity index (χ1v) is 7.50. The van der Waals surface area contributed by atoms with E-state index in [2.05, 4.69) is 5.32 Å². The van der Waals surface area contributed by atoms with Crippen LogP contribution in [0.2, 0.25) is 0 Å². The molecule has 1 atom stereocenters. The van der Waals surface area contributed by atoms with Crippen LogP contribution in [0.3, 0.4) is 0 Å². The zero-order chi connectivity index (χ0) is 18.2. The van der Waals surface area contributed by atoms with Crippen molar-refractivity contribution in [2.75, 3.05) is 19.0 Å². The van der Waals surface area contributed by atoms with E-state index in [0.29, 0.717) is 17.2 Å². The van der Waals surface area contributed by atoms with Gasteiger partial charge in [0.25, 0.3) is 5.91 Å². The third-order valence-corrected chi connectivity index (χ3v) is 3.16. The number of anilines is 1. The molecule has 25 heavy (non-hydrogen) atoms. The highest BCUT2D eigenvalue weighted by Crippen LogP contribution is 2.16. The monoisotopic (exact) mass is 347 g/mol. The molecule has 0 heterocycles. The molecule has 0 aliphatic rings. The third-order valence-electron chi connectivity index (χ3n) is 3.16. The Morgan fingerprint density at radius 3 is 2.52 bits per heavy atom. The average Bonchev–Trinajstić information content (AvgIpc) is 2.61. The van der Waals surface area contributed by atoms with Crippen molar-refractivity contribution < 1.29 is 28.2 Å². The maximum Gasteiger partial charge on any atom is 0.347 e. The summed E-state index contributed by atoms with van der Waals surface area (Å²) in [5.41, 5.74) is 0.524. The Balaban J connectivity index is 1.79. The molecule has 0 aromatic heterocycles. The van der Waals surface area contributed by atoms with Crippen molar-refractivity contribution in [1.29, 1.82) is 0 Å². The first-order valence-electron chi connectivity index (χ1n) is 7.50. The molecule has 0 saturated heterocycles. The van der Waals surface area contributed by atoms with Crippen LogP contribution in [0.25, 0.3) is 0 Å². The first kappa shape index (κ1) is 18.3. The Bertz CT molecular complexity index is 733. The topological polar surface area (TPSA) is 73.9 Å². The predicted molar refractivity (Wildman–Crippen MR) is 89.1 cm³/mol. The van der Waals surface area contributed by atoms with Crippen LogP contribution in [0.1, 0.15) is 6.92 Å². The number of halogens is 1. The number of carbonyl (C=O) groups is 2. The summed E-state index contributed by atoms with van der Waals surface area (Å²) in [7, 11) is 1.52. The quantitative estimate of drug-likeness (QED) is 0.780. The molecule has 1 amide bonds. The van der Waals surface area contributed by atoms with Gasteiger partial charge in [-0.15, -0.1) is 0 Å². The standard InChI is InChI=1S/C18H18FNO5/c1-12(25-15-8-6-13(19)7-9-15)18(22)24-11-17(21)20-14-4-3-5-16(10-14)23-2/h3-10,12H,11H2,1-2H3,(H,20,21)/t12-/m0/s1. The molecular formula is C18H18FNO5. The molecule has 6 nitrogen and oxygen atoms in total. The van der Waals surface area contributed by atoms with E-state index >= 15 is 0 Å². The summed E-state index contributed by atoms with van der Waals surface area (Å²) >= 11 is 0. The number of rotatable bonds is 7. The molecule has 0 spiro atoms. The van der Waals surface area contributed by atoms with Crippen LogP contribution in [0, 0.1) is 5.82 Å². The Morgan fingerprint density at radius 2 is 1.84 bits per heavy atom. The van der Waals surface area contributed by atoms with Gasteiger partial charge in [-0.1, -0.05) is 6.07 Å². The Kier molecular flexibility index (Phi) is 6.33. The number of nitrogens with one attached hydrogen (secondary N) is 1. The van der Waals surface area contributed by atoms with Crippen molar-refractivity contribution in [3.8, 4) is 11.5 Å². The van der Waals surface area contributed by atoms with Gasteiger partial charge in [-0.05, 0) is 43.3 Å². The lowest BCUT2D eigenvalue weighted by molar-refractivity contribution is -0.153. The molecule has 2 aromatic carbocycles. The Hall–Kier alpha value is -3.09. The summed E-state index contributed by atoms with van der Waals surface area (Å²) in [6, 6.07) is 12.0. The number of carbonyl (C=O) groups excluding carboxylic acids is 2. The molecule has 0 saturated carbocycles. The van der Waals surface area contributed by atoms with Crippen molar-refractivity contribution in [3.63, 3.8) is 0 Å². The summed E-state index contributed by atoms with van der Waals surface area (Å²) < 4.78 is 28.1. The molecule has 0 aliphatic carbocycles. The van der Waals surface area contributed by atoms with E-state index in [4.69, 9.17) is 14.2 Å². The highest BCUT2D eigenvalue weighted by molar-refractivity contribution is 5.93. The highest BCUT2D eigenvalue weighted by Gasteiger charge is 2.18. The molecule has 0 unspecified atom stereocenters. The maximum absolute atomic E-state index is 12.8. The van der Waals surface area contributed by atoms with E-state index in [1.807, 2.05) is 0 Å². The molecule has 0 fully saturated rings. The highest BCUT2D eigenvalue weighted by atomic mass is 19.1. The van der Waals surface area contributed by atoms with Gasteiger partial charge in [0.15, 0.2) is 12.7 Å². The van der Waals surface area contributed by atoms with Crippen molar-refractivity contribution in [3.05, 3.63) is 54.3 Å². The molecule has 0 radical (unpaired) electrons. The van der Waals surface area contributed by atoms with Gasteiger partial charge in [0, 0.05) is 11.8 Å². The average molecular weight is 347 g/mol. The molecule has 2 rings (SSSR count). The second-order valence-electron chi connectivity index (χ2n) is 5.10. The van der Waals surface area contributed by atoms with Crippen LogP contribution in [0.15, 0.2) is 48.5 Å². The molecule has 0 aliphatic heterocycles. The predicted octanol–water partition coefficient (Wildman–Crippen LogP) is 2.78. The van der Waals surface area contributed by atoms with Crippen LogP contribution >= 0.6 is 0 Å². The summed E-state index contributed by atoms with van der Waals surface area (Å²) in [4.78, 5) is 23.7. The molecule has 7 heteroatoms. The van der Waals surface area contributed by atoms with E-state index in [1.54, 1.807) is 24.3 Å². The first-order chi connectivity index (χ1) is 12.0. The fraction of sp³-hybridized carbons (Fsp3) is 0.222. The Labute approximate surface area is 144 Å². The van der Waals surface area contributed by atoms with E-state index in [9.17, 15) is 14.0 Å². The van der Waals surface area contributed by atoms with Gasteiger partial charge in [0.1, 0.15) is 17.3 Å². The van der Waals surface area contributed by atoms with Crippen molar-refractivity contribution in [2.45, 2.75) is 13.0 Å². The zero-order valence-electron chi connectivity index (χ0n) is 13.8. The second-order valence-corrected chi connectivity index (χ2v) is 5.10. The lowest BCUT2D eigenvalue weighted by Crippen LogP contribution is -2.29. The van der Waals surface area contributed by atoms with E-state index in [0.717, 1.165) is 0 Å². The normalized spacial score (nSPS) is 11.3. The van der Waals surface area contributed by atoms with E-state index in [1.165, 1.54) is 38.3 Å². The van der Waals surface area contributed by atoms with Gasteiger partial charge in [-0.3, -0.25) is 4.79 Å². The fourth-order valence-corrected chi connectivity index (χ4v) is 1.92. The van der Waals surface area contributed by atoms with Gasteiger partial charge < -0.3 is 19.5 Å². The van der Waals surface area contributed by atoms with Crippen molar-refractivity contribution >= 4 is 17.6 Å². The summed E-state index contributed by atoms with van der Waals surface area (Å²) in [6.45, 7) is 1.03. The van der Waals surface area contributed by atoms with Gasteiger partial charge >= 0.3 is 5.97 Å². The summed E-state index contributed by atoms with van der Waals surface area (Å²) in [5.74, 6) is -0.680. The van der Waals surface area contributed by atoms with Crippen LogP contribution in [0.5, 0.6) is 11.5 Å². The number of methoxy groups -OCH3 is 1. The lowest BCUT2D eigenvalue weighted by atomic mass is 10.3. The molecule has 132 valence electrons. The van der Waals surface area contributed by atoms with Gasteiger partial charge in [-0.2, -0.15) is 0 Å². The Morgan fingerprint density at radius 1 is 1.12 bits per heavy atom. The summed E-state index contributed by atoms with van der Waals surface area (Å²) in [5, 5.41) is 2.59. The number of amides is 1. The number of hydrogen-bond donors (Lipinski definition) is 1. The summed E-state index contributed by atoms with van der Waals surface area (Å²) in [6.07, 6.45) is -0.935. The fourth-order valence-electron chi connectivity index (χ4n) is 1.92. The van der Waals surface area contributed by atoms with Crippen LogP contribution in [-0.4, -0.2) is 31.7 Å². The van der Waals surface area contributed by atoms with Crippen molar-refractivity contribution in [1.82, 2.24) is 0 Å². The smallest absolute Gasteiger partial charge is 0.347 e. The number of ether oxygens (including phenoxy) is 3. The zero-order valence-corrected chi connectivity index (χ0v) is 13.8. The maximum atomic E-state index is 12.8. The molecule has 0 bridgehead atoms. The van der Waals surface area contributed by atoms with E-state index < -0.39 is 30.4 Å². The number of hydrogen-bond acceptors (Lipinski definition) is 5. The van der Waals surface area contributed by atoms with Crippen LogP contribution < -0.4 is 14.8 Å². The SMILES string of the molecule is COc1cccc(NC(=O)COC(=O)[C@H](C)Oc2ccc(F)cc2)c1. The van der Waals surface area contributed by atoms with E-state index in [-0.39, 0.29) is 0 Å². The minimum Gasteiger partial charge on any atom is -0.497 e. The largest absolute Gasteiger partial charge is 0.497 e. The molecule has 1 N–H and O–H groups in total. The minimum absolute atomic E-state index is 0.326. The molecule has 2 aromatic rings. The number of esters is 1. The van der Waals surface area contributed by atoms with Crippen LogP contribution in [0.4, 0.5) is 10.1 Å². The van der Waals surface area contributed by atoms with Crippen LogP contribution in [-0.2, 0) is 14.3 Å². The minimum atomic E-state index is -0.935. The molecular weight excluding hydrogens is 329 g/mol. The van der Waals surface area contributed by atoms with Crippen molar-refractivity contribution in [2.24, 2.45) is 0 Å².